The number of aromatic amines is 1. The second-order valence-electron chi connectivity index (χ2n) is 10.9. The number of aromatic nitrogens is 2. The zero-order valence-corrected chi connectivity index (χ0v) is 27.7. The number of nitrogens with two attached hydrogens (primary N) is 1. The number of hydrogen-bond donors (Lipinski definition) is 4. The Morgan fingerprint density at radius 1 is 1.02 bits per heavy atom. The van der Waals surface area contributed by atoms with E-state index in [1.54, 1.807) is 62.4 Å². The Bertz CT molecular complexity index is 1760. The molecule has 4 rings (SSSR count). The van der Waals surface area contributed by atoms with Crippen LogP contribution in [0.15, 0.2) is 54.6 Å². The lowest BCUT2D eigenvalue weighted by atomic mass is 10.0. The average molecular weight is 659 g/mol. The molecule has 4 aromatic rings. The molecule has 254 valence electrons. The Morgan fingerprint density at radius 2 is 1.79 bits per heavy atom. The number of fused-ring (bicyclic) bond motifs is 1. The molecule has 1 heterocycles. The lowest BCUT2D eigenvalue weighted by molar-refractivity contribution is -0.142. The number of ether oxygens (including phenoxy) is 4. The highest BCUT2D eigenvalue weighted by atomic mass is 16.6. The Balaban J connectivity index is 1.51. The number of nitrogen functional groups attached to an aromatic ring is 1. The van der Waals surface area contributed by atoms with Gasteiger partial charge in [-0.05, 0) is 56.7 Å². The predicted octanol–water partition coefficient (Wildman–Crippen LogP) is 6.08. The van der Waals surface area contributed by atoms with Crippen LogP contribution in [0, 0.1) is 12.3 Å². The summed E-state index contributed by atoms with van der Waals surface area (Å²) in [7, 11) is 1.44. The Labute approximate surface area is 279 Å². The van der Waals surface area contributed by atoms with E-state index in [0.717, 1.165) is 24.8 Å². The number of rotatable bonds is 16. The van der Waals surface area contributed by atoms with Crippen molar-refractivity contribution in [1.29, 1.82) is 5.41 Å². The number of benzene rings is 3. The van der Waals surface area contributed by atoms with Crippen molar-refractivity contribution in [3.63, 3.8) is 0 Å². The second kappa shape index (κ2) is 16.8. The van der Waals surface area contributed by atoms with E-state index < -0.39 is 18.0 Å². The van der Waals surface area contributed by atoms with Gasteiger partial charge in [0.2, 0.25) is 0 Å². The van der Waals surface area contributed by atoms with E-state index in [1.807, 2.05) is 6.07 Å². The average Bonchev–Trinajstić information content (AvgIpc) is 3.51. The summed E-state index contributed by atoms with van der Waals surface area (Å²) in [6, 6.07) is 15.6. The zero-order chi connectivity index (χ0) is 34.6. The van der Waals surface area contributed by atoms with Gasteiger partial charge in [-0.15, -0.1) is 0 Å². The molecule has 13 heteroatoms. The van der Waals surface area contributed by atoms with Crippen LogP contribution in [0.1, 0.15) is 66.8 Å². The number of carbonyl (C=O) groups is 3. The van der Waals surface area contributed by atoms with Gasteiger partial charge in [0, 0.05) is 17.8 Å². The highest BCUT2D eigenvalue weighted by Gasteiger charge is 2.24. The molecule has 0 unspecified atom stereocenters. The Hall–Kier alpha value is -5.59. The van der Waals surface area contributed by atoms with Gasteiger partial charge in [0.15, 0.2) is 5.75 Å². The number of H-pyrrole nitrogens is 1. The number of esters is 2. The molecule has 1 aromatic heterocycles. The first-order valence-electron chi connectivity index (χ1n) is 15.8. The zero-order valence-electron chi connectivity index (χ0n) is 27.7. The van der Waals surface area contributed by atoms with Crippen LogP contribution >= 0.6 is 0 Å². The first kappa shape index (κ1) is 35.3. The molecule has 0 saturated carbocycles. The number of para-hydroxylation sites is 1. The highest BCUT2D eigenvalue weighted by Crippen LogP contribution is 2.33. The summed E-state index contributed by atoms with van der Waals surface area (Å²) in [5.74, 6) is -0.186. The summed E-state index contributed by atoms with van der Waals surface area (Å²) in [6.45, 7) is 6.43. The van der Waals surface area contributed by atoms with Crippen molar-refractivity contribution >= 4 is 46.3 Å². The fourth-order valence-electron chi connectivity index (χ4n) is 5.10. The fourth-order valence-corrected chi connectivity index (χ4v) is 5.10. The SMILES string of the molecule is CCCCCOC(=O)c1ccc(NCc2nc3c(C)c(OC(=O)N(CCC(=O)OCC)c4ccccc4)ccc3[nH]2)c(OC)c1C(=N)N. The Kier molecular flexibility index (Phi) is 12.4. The summed E-state index contributed by atoms with van der Waals surface area (Å²) in [6.07, 6.45) is 2.05. The smallest absolute Gasteiger partial charge is 0.419 e. The van der Waals surface area contributed by atoms with Crippen molar-refractivity contribution in [3.8, 4) is 11.5 Å². The van der Waals surface area contributed by atoms with E-state index in [2.05, 4.69) is 17.2 Å². The maximum atomic E-state index is 13.4. The van der Waals surface area contributed by atoms with Crippen LogP contribution in [0.4, 0.5) is 16.2 Å². The van der Waals surface area contributed by atoms with E-state index in [-0.39, 0.29) is 55.4 Å². The van der Waals surface area contributed by atoms with E-state index in [4.69, 9.17) is 35.1 Å². The number of nitrogens with one attached hydrogen (secondary N) is 3. The number of amidine groups is 1. The summed E-state index contributed by atoms with van der Waals surface area (Å²) >= 11 is 0. The molecule has 0 radical (unpaired) electrons. The van der Waals surface area contributed by atoms with E-state index in [9.17, 15) is 14.4 Å². The molecular formula is C35H42N6O7. The van der Waals surface area contributed by atoms with Gasteiger partial charge < -0.3 is 35.0 Å². The molecule has 0 spiro atoms. The number of amides is 1. The lowest BCUT2D eigenvalue weighted by Gasteiger charge is -2.22. The molecule has 3 aromatic carbocycles. The van der Waals surface area contributed by atoms with Crippen molar-refractivity contribution < 1.29 is 33.3 Å². The molecule has 1 amide bonds. The maximum Gasteiger partial charge on any atom is 0.419 e. The van der Waals surface area contributed by atoms with Crippen LogP contribution in [-0.4, -0.2) is 60.7 Å². The maximum absolute atomic E-state index is 13.4. The summed E-state index contributed by atoms with van der Waals surface area (Å²) in [5.41, 5.74) is 9.22. The van der Waals surface area contributed by atoms with Gasteiger partial charge in [0.1, 0.15) is 17.4 Å². The number of nitrogens with zero attached hydrogens (tertiary/aromatic N) is 2. The van der Waals surface area contributed by atoms with Crippen LogP contribution in [-0.2, 0) is 20.8 Å². The van der Waals surface area contributed by atoms with Gasteiger partial charge in [-0.1, -0.05) is 38.0 Å². The normalized spacial score (nSPS) is 10.8. The lowest BCUT2D eigenvalue weighted by Crippen LogP contribution is -2.35. The standard InChI is InChI=1S/C35H42N6O7/c1-5-7-11-20-47-34(43)24-14-15-26(32(45-4)30(24)33(36)37)38-21-28-39-25-16-17-27(22(3)31(25)40-28)48-35(44)41(19-18-29(42)46-6-2)23-12-9-8-10-13-23/h8-10,12-17,38H,5-7,11,18-21H2,1-4H3,(H3,36,37)(H,39,40). The molecule has 0 aliphatic rings. The number of hydrogen-bond acceptors (Lipinski definition) is 10. The van der Waals surface area contributed by atoms with E-state index in [1.165, 1.54) is 12.0 Å². The minimum absolute atomic E-state index is 0.0101. The third kappa shape index (κ3) is 8.60. The molecule has 48 heavy (non-hydrogen) atoms. The molecular weight excluding hydrogens is 616 g/mol. The van der Waals surface area contributed by atoms with Crippen molar-refractivity contribution in [2.45, 2.75) is 53.0 Å². The van der Waals surface area contributed by atoms with E-state index in [0.29, 0.717) is 34.0 Å². The van der Waals surface area contributed by atoms with Crippen molar-refractivity contribution in [2.24, 2.45) is 5.73 Å². The van der Waals surface area contributed by atoms with Gasteiger partial charge in [-0.2, -0.15) is 0 Å². The second-order valence-corrected chi connectivity index (χ2v) is 10.9. The van der Waals surface area contributed by atoms with Crippen LogP contribution in [0.5, 0.6) is 11.5 Å². The fraction of sp³-hybridized carbons (Fsp3) is 0.343. The first-order valence-corrected chi connectivity index (χ1v) is 15.8. The van der Waals surface area contributed by atoms with Crippen molar-refractivity contribution in [1.82, 2.24) is 9.97 Å². The van der Waals surface area contributed by atoms with Gasteiger partial charge in [-0.25, -0.2) is 14.6 Å². The van der Waals surface area contributed by atoms with Crippen molar-refractivity contribution in [2.75, 3.05) is 37.1 Å². The predicted molar refractivity (Wildman–Crippen MR) is 183 cm³/mol. The third-order valence-electron chi connectivity index (χ3n) is 7.52. The van der Waals surface area contributed by atoms with Gasteiger partial charge in [-0.3, -0.25) is 15.1 Å². The molecule has 0 saturated heterocycles. The third-order valence-corrected chi connectivity index (χ3v) is 7.52. The number of imidazole rings is 1. The Morgan fingerprint density at radius 3 is 2.48 bits per heavy atom. The topological polar surface area (TPSA) is 182 Å². The van der Waals surface area contributed by atoms with Crippen LogP contribution in [0.25, 0.3) is 11.0 Å². The highest BCUT2D eigenvalue weighted by molar-refractivity contribution is 6.09. The quantitative estimate of drug-likeness (QED) is 0.0476. The molecule has 0 bridgehead atoms. The van der Waals surface area contributed by atoms with E-state index >= 15 is 0 Å². The monoisotopic (exact) mass is 658 g/mol. The van der Waals surface area contributed by atoms with Crippen LogP contribution in [0.2, 0.25) is 0 Å². The largest absolute Gasteiger partial charge is 0.494 e. The minimum atomic E-state index is -0.646. The molecule has 0 aliphatic carbocycles. The minimum Gasteiger partial charge on any atom is -0.494 e. The number of unbranched alkanes of at least 4 members (excludes halogenated alkanes) is 2. The number of carbonyl (C=O) groups excluding carboxylic acids is 3. The van der Waals surface area contributed by atoms with Crippen molar-refractivity contribution in [3.05, 3.63) is 77.1 Å². The summed E-state index contributed by atoms with van der Waals surface area (Å²) < 4.78 is 21.8. The van der Waals surface area contributed by atoms with Crippen LogP contribution in [0.3, 0.4) is 0 Å². The van der Waals surface area contributed by atoms with Crippen LogP contribution < -0.4 is 25.4 Å². The molecule has 0 atom stereocenters. The summed E-state index contributed by atoms with van der Waals surface area (Å²) in [4.78, 5) is 47.6. The molecule has 5 N–H and O–H groups in total. The van der Waals surface area contributed by atoms with Gasteiger partial charge in [0.25, 0.3) is 0 Å². The molecule has 0 aliphatic heterocycles. The van der Waals surface area contributed by atoms with Gasteiger partial charge >= 0.3 is 18.0 Å². The number of methoxy groups -OCH3 is 1. The van der Waals surface area contributed by atoms with Gasteiger partial charge in [0.05, 0.1) is 61.1 Å². The number of anilines is 2. The first-order chi connectivity index (χ1) is 23.2. The molecule has 0 fully saturated rings. The summed E-state index contributed by atoms with van der Waals surface area (Å²) in [5, 5.41) is 11.4. The molecule has 13 nitrogen and oxygen atoms in total. The number of aryl methyl sites for hydroxylation is 1.